The van der Waals surface area contributed by atoms with Gasteiger partial charge in [-0.05, 0) is 63.5 Å². The summed E-state index contributed by atoms with van der Waals surface area (Å²) in [5.41, 5.74) is 0.344. The number of ether oxygens (including phenoxy) is 1. The van der Waals surface area contributed by atoms with Gasteiger partial charge in [0.15, 0.2) is 5.78 Å². The van der Waals surface area contributed by atoms with E-state index in [0.717, 1.165) is 43.7 Å². The van der Waals surface area contributed by atoms with Gasteiger partial charge in [-0.25, -0.2) is 0 Å². The molecule has 3 nitrogen and oxygen atoms in total. The molecule has 0 amide bonds. The number of hydrogen-bond acceptors (Lipinski definition) is 3. The van der Waals surface area contributed by atoms with Crippen molar-refractivity contribution < 1.29 is 9.53 Å². The van der Waals surface area contributed by atoms with E-state index in [1.165, 1.54) is 0 Å². The molecular weight excluding hydrogens is 262 g/mol. The average Bonchev–Trinajstić information content (AvgIpc) is 3.32. The summed E-state index contributed by atoms with van der Waals surface area (Å²) < 4.78 is 5.74. The Hall–Kier alpha value is -1.35. The molecule has 1 aliphatic rings. The van der Waals surface area contributed by atoms with Gasteiger partial charge < -0.3 is 4.74 Å². The van der Waals surface area contributed by atoms with E-state index in [1.54, 1.807) is 0 Å². The molecule has 0 saturated heterocycles. The summed E-state index contributed by atoms with van der Waals surface area (Å²) in [7, 11) is 0. The van der Waals surface area contributed by atoms with Crippen LogP contribution in [0.3, 0.4) is 0 Å². The van der Waals surface area contributed by atoms with E-state index in [9.17, 15) is 4.79 Å². The standard InChI is InChI=1S/C18H27NO2/c1-5-18(4,19(6-2)7-3)17(20)14-8-10-15(11-9-14)21-16-12-13-16/h8-11,16H,5-7,12-13H2,1-4H3. The molecule has 0 N–H and O–H groups in total. The molecule has 0 bridgehead atoms. The molecule has 1 unspecified atom stereocenters. The molecule has 1 atom stereocenters. The molecule has 2 rings (SSSR count). The third-order valence-electron chi connectivity index (χ3n) is 4.58. The van der Waals surface area contributed by atoms with E-state index < -0.39 is 5.54 Å². The highest BCUT2D eigenvalue weighted by atomic mass is 16.5. The fourth-order valence-electron chi connectivity index (χ4n) is 2.82. The lowest BCUT2D eigenvalue weighted by molar-refractivity contribution is 0.0608. The lowest BCUT2D eigenvalue weighted by Crippen LogP contribution is -2.51. The molecule has 0 spiro atoms. The van der Waals surface area contributed by atoms with Gasteiger partial charge in [-0.1, -0.05) is 20.8 Å². The quantitative estimate of drug-likeness (QED) is 0.679. The van der Waals surface area contributed by atoms with Crippen molar-refractivity contribution in [1.29, 1.82) is 0 Å². The minimum absolute atomic E-state index is 0.201. The first-order valence-electron chi connectivity index (χ1n) is 8.11. The molecule has 3 heteroatoms. The van der Waals surface area contributed by atoms with Crippen LogP contribution in [0, 0.1) is 0 Å². The second kappa shape index (κ2) is 6.61. The SMILES string of the molecule is CCN(CC)C(C)(CC)C(=O)c1ccc(OC2CC2)cc1. The van der Waals surface area contributed by atoms with Crippen molar-refractivity contribution in [3.05, 3.63) is 29.8 Å². The monoisotopic (exact) mass is 289 g/mol. The number of carbonyl (C=O) groups is 1. The lowest BCUT2D eigenvalue weighted by atomic mass is 9.86. The second-order valence-electron chi connectivity index (χ2n) is 5.97. The molecular formula is C18H27NO2. The van der Waals surface area contributed by atoms with E-state index >= 15 is 0 Å². The van der Waals surface area contributed by atoms with Gasteiger partial charge in [0, 0.05) is 5.56 Å². The molecule has 21 heavy (non-hydrogen) atoms. The van der Waals surface area contributed by atoms with Crippen molar-refractivity contribution in [1.82, 2.24) is 4.90 Å². The van der Waals surface area contributed by atoms with Gasteiger partial charge in [0.25, 0.3) is 0 Å². The minimum Gasteiger partial charge on any atom is -0.490 e. The van der Waals surface area contributed by atoms with Gasteiger partial charge in [0.2, 0.25) is 0 Å². The van der Waals surface area contributed by atoms with E-state index in [2.05, 4.69) is 32.6 Å². The summed E-state index contributed by atoms with van der Waals surface area (Å²) >= 11 is 0. The van der Waals surface area contributed by atoms with Crippen LogP contribution in [-0.2, 0) is 0 Å². The van der Waals surface area contributed by atoms with Crippen molar-refractivity contribution in [3.63, 3.8) is 0 Å². The van der Waals surface area contributed by atoms with Gasteiger partial charge in [-0.3, -0.25) is 9.69 Å². The molecule has 116 valence electrons. The summed E-state index contributed by atoms with van der Waals surface area (Å²) in [6.45, 7) is 10.1. The predicted molar refractivity (Wildman–Crippen MR) is 86.0 cm³/mol. The molecule has 1 aromatic rings. The van der Waals surface area contributed by atoms with Gasteiger partial charge in [-0.2, -0.15) is 0 Å². The maximum absolute atomic E-state index is 12.9. The summed E-state index contributed by atoms with van der Waals surface area (Å²) in [6, 6.07) is 7.64. The lowest BCUT2D eigenvalue weighted by Gasteiger charge is -2.38. The van der Waals surface area contributed by atoms with Crippen molar-refractivity contribution >= 4 is 5.78 Å². The van der Waals surface area contributed by atoms with Gasteiger partial charge in [0.05, 0.1) is 11.6 Å². The van der Waals surface area contributed by atoms with E-state index in [-0.39, 0.29) is 5.78 Å². The highest BCUT2D eigenvalue weighted by Crippen LogP contribution is 2.28. The maximum Gasteiger partial charge on any atom is 0.182 e. The molecule has 1 aromatic carbocycles. The van der Waals surface area contributed by atoms with Gasteiger partial charge in [-0.15, -0.1) is 0 Å². The normalized spacial score (nSPS) is 17.6. The van der Waals surface area contributed by atoms with Crippen LogP contribution in [-0.4, -0.2) is 35.4 Å². The largest absolute Gasteiger partial charge is 0.490 e. The van der Waals surface area contributed by atoms with E-state index in [4.69, 9.17) is 4.74 Å². The first-order valence-corrected chi connectivity index (χ1v) is 8.11. The zero-order valence-corrected chi connectivity index (χ0v) is 13.7. The topological polar surface area (TPSA) is 29.5 Å². The summed E-state index contributed by atoms with van der Waals surface area (Å²) in [5, 5.41) is 0. The molecule has 1 fully saturated rings. The number of benzene rings is 1. The van der Waals surface area contributed by atoms with Crippen LogP contribution in [0.25, 0.3) is 0 Å². The number of Topliss-reactive ketones (excluding diaryl/α,β-unsaturated/α-hetero) is 1. The number of ketones is 1. The van der Waals surface area contributed by atoms with Crippen LogP contribution in [0.2, 0.25) is 0 Å². The Morgan fingerprint density at radius 1 is 1.19 bits per heavy atom. The summed E-state index contributed by atoms with van der Waals surface area (Å²) in [4.78, 5) is 15.2. The van der Waals surface area contributed by atoms with Crippen molar-refractivity contribution in [3.8, 4) is 5.75 Å². The third-order valence-corrected chi connectivity index (χ3v) is 4.58. The van der Waals surface area contributed by atoms with Crippen molar-refractivity contribution in [2.75, 3.05) is 13.1 Å². The van der Waals surface area contributed by atoms with Gasteiger partial charge >= 0.3 is 0 Å². The van der Waals surface area contributed by atoms with Crippen molar-refractivity contribution in [2.24, 2.45) is 0 Å². The number of hydrogen-bond donors (Lipinski definition) is 0. The Bertz CT molecular complexity index is 474. The van der Waals surface area contributed by atoms with Crippen LogP contribution >= 0.6 is 0 Å². The maximum atomic E-state index is 12.9. The highest BCUT2D eigenvalue weighted by Gasteiger charge is 2.36. The summed E-state index contributed by atoms with van der Waals surface area (Å²) in [6.07, 6.45) is 3.50. The Morgan fingerprint density at radius 2 is 1.76 bits per heavy atom. The predicted octanol–water partition coefficient (Wildman–Crippen LogP) is 3.92. The number of nitrogens with zero attached hydrogens (tertiary/aromatic N) is 1. The number of carbonyl (C=O) groups excluding carboxylic acids is 1. The number of rotatable bonds is 8. The van der Waals surface area contributed by atoms with Crippen LogP contribution in [0.1, 0.15) is 57.3 Å². The molecule has 0 radical (unpaired) electrons. The number of likely N-dealkylation sites (N-methyl/N-ethyl adjacent to an activating group) is 1. The minimum atomic E-state index is -0.428. The molecule has 0 aliphatic heterocycles. The van der Waals surface area contributed by atoms with Crippen LogP contribution in [0.15, 0.2) is 24.3 Å². The zero-order valence-electron chi connectivity index (χ0n) is 13.7. The van der Waals surface area contributed by atoms with Crippen LogP contribution in [0.5, 0.6) is 5.75 Å². The summed E-state index contributed by atoms with van der Waals surface area (Å²) in [5.74, 6) is 1.07. The average molecular weight is 289 g/mol. The smallest absolute Gasteiger partial charge is 0.182 e. The Balaban J connectivity index is 2.16. The van der Waals surface area contributed by atoms with Crippen LogP contribution < -0.4 is 4.74 Å². The fraction of sp³-hybridized carbons (Fsp3) is 0.611. The molecule has 0 heterocycles. The second-order valence-corrected chi connectivity index (χ2v) is 5.97. The van der Waals surface area contributed by atoms with E-state index in [0.29, 0.717) is 6.10 Å². The zero-order chi connectivity index (χ0) is 15.5. The Morgan fingerprint density at radius 3 is 2.19 bits per heavy atom. The third kappa shape index (κ3) is 3.46. The highest BCUT2D eigenvalue weighted by molar-refractivity contribution is 6.03. The van der Waals surface area contributed by atoms with E-state index in [1.807, 2.05) is 24.3 Å². The molecule has 0 aromatic heterocycles. The first-order chi connectivity index (χ1) is 10.0. The fourth-order valence-corrected chi connectivity index (χ4v) is 2.82. The van der Waals surface area contributed by atoms with Crippen LogP contribution in [0.4, 0.5) is 0 Å². The first kappa shape index (κ1) is 16.0. The Kier molecular flexibility index (Phi) is 5.04. The van der Waals surface area contributed by atoms with Crippen molar-refractivity contribution in [2.45, 2.75) is 58.6 Å². The Labute approximate surface area is 128 Å². The van der Waals surface area contributed by atoms with Gasteiger partial charge in [0.1, 0.15) is 5.75 Å². The molecule has 1 aliphatic carbocycles. The molecule has 1 saturated carbocycles.